The van der Waals surface area contributed by atoms with Gasteiger partial charge in [0.15, 0.2) is 0 Å². The van der Waals surface area contributed by atoms with Gasteiger partial charge in [-0.25, -0.2) is 0 Å². The average Bonchev–Trinajstić information content (AvgIpc) is 2.67. The van der Waals surface area contributed by atoms with E-state index in [1.807, 2.05) is 35.2 Å². The van der Waals surface area contributed by atoms with Crippen molar-refractivity contribution in [1.29, 1.82) is 0 Å². The van der Waals surface area contributed by atoms with Crippen LogP contribution in [0.4, 0.5) is 0 Å². The fraction of sp³-hybridized carbons (Fsp3) is 0.462. The van der Waals surface area contributed by atoms with Gasteiger partial charge in [0.25, 0.3) is 0 Å². The van der Waals surface area contributed by atoms with Crippen molar-refractivity contribution in [2.24, 2.45) is 5.73 Å². The number of aliphatic hydroxyl groups excluding tert-OH is 2. The third kappa shape index (κ3) is 3.05. The lowest BCUT2D eigenvalue weighted by Crippen LogP contribution is -2.30. The molecule has 1 aliphatic rings. The second-order valence-corrected chi connectivity index (χ2v) is 5.21. The predicted molar refractivity (Wildman–Crippen MR) is 74.2 cm³/mol. The van der Waals surface area contributed by atoms with E-state index in [2.05, 4.69) is 0 Å². The van der Waals surface area contributed by atoms with Crippen LogP contribution >= 0.6 is 12.2 Å². The zero-order chi connectivity index (χ0) is 13.1. The molecule has 4 N–H and O–H groups in total. The first kappa shape index (κ1) is 13.4. The van der Waals surface area contributed by atoms with Crippen LogP contribution in [0.5, 0.6) is 0 Å². The van der Waals surface area contributed by atoms with Crippen LogP contribution in [0.25, 0.3) is 0 Å². The number of nitrogens with zero attached hydrogens (tertiary/aromatic N) is 1. The van der Waals surface area contributed by atoms with Crippen molar-refractivity contribution < 1.29 is 10.2 Å². The fourth-order valence-corrected chi connectivity index (χ4v) is 2.53. The molecular weight excluding hydrogens is 248 g/mol. The summed E-state index contributed by atoms with van der Waals surface area (Å²) in [6, 6.07) is 9.93. The molecule has 3 unspecified atom stereocenters. The van der Waals surface area contributed by atoms with Crippen LogP contribution in [-0.4, -0.2) is 45.4 Å². The lowest BCUT2D eigenvalue weighted by molar-refractivity contribution is 0.0572. The molecule has 5 heteroatoms. The highest BCUT2D eigenvalue weighted by molar-refractivity contribution is 7.80. The summed E-state index contributed by atoms with van der Waals surface area (Å²) in [7, 11) is 0. The minimum absolute atomic E-state index is 0.0236. The molecule has 1 aromatic rings. The fourth-order valence-electron chi connectivity index (χ4n) is 2.38. The second-order valence-electron chi connectivity index (χ2n) is 4.69. The van der Waals surface area contributed by atoms with Gasteiger partial charge in [0, 0.05) is 25.6 Å². The Morgan fingerprint density at radius 3 is 2.33 bits per heavy atom. The van der Waals surface area contributed by atoms with E-state index in [4.69, 9.17) is 18.0 Å². The van der Waals surface area contributed by atoms with Gasteiger partial charge in [-0.15, -0.1) is 0 Å². The van der Waals surface area contributed by atoms with E-state index in [9.17, 15) is 10.2 Å². The number of benzene rings is 1. The van der Waals surface area contributed by atoms with Crippen molar-refractivity contribution in [2.75, 3.05) is 13.1 Å². The van der Waals surface area contributed by atoms with Gasteiger partial charge in [0.1, 0.15) is 0 Å². The van der Waals surface area contributed by atoms with Crippen molar-refractivity contribution in [1.82, 2.24) is 4.90 Å². The molecule has 0 bridgehead atoms. The molecule has 2 rings (SSSR count). The van der Waals surface area contributed by atoms with Gasteiger partial charge in [0.05, 0.1) is 17.2 Å². The molecule has 0 radical (unpaired) electrons. The Hall–Kier alpha value is -1.01. The van der Waals surface area contributed by atoms with E-state index in [0.717, 1.165) is 5.56 Å². The summed E-state index contributed by atoms with van der Waals surface area (Å²) in [6.07, 6.45) is -0.830. The SMILES string of the molecule is NC(=S)CC(c1ccccc1)N1CC(O)C(O)C1. The van der Waals surface area contributed by atoms with E-state index in [1.165, 1.54) is 0 Å². The molecule has 1 aromatic carbocycles. The molecule has 1 aliphatic heterocycles. The Bertz CT molecular complexity index is 403. The molecule has 0 saturated carbocycles. The maximum atomic E-state index is 9.64. The molecule has 98 valence electrons. The largest absolute Gasteiger partial charge is 0.393 e. The zero-order valence-corrected chi connectivity index (χ0v) is 10.9. The van der Waals surface area contributed by atoms with E-state index < -0.39 is 12.2 Å². The molecule has 4 nitrogen and oxygen atoms in total. The Balaban J connectivity index is 2.18. The van der Waals surface area contributed by atoms with E-state index in [-0.39, 0.29) is 6.04 Å². The number of rotatable bonds is 4. The highest BCUT2D eigenvalue weighted by atomic mass is 32.1. The topological polar surface area (TPSA) is 69.7 Å². The lowest BCUT2D eigenvalue weighted by atomic mass is 10.0. The predicted octanol–water partition coefficient (Wildman–Crippen LogP) is 0.441. The zero-order valence-electron chi connectivity index (χ0n) is 10.1. The van der Waals surface area contributed by atoms with Crippen LogP contribution in [0.1, 0.15) is 18.0 Å². The summed E-state index contributed by atoms with van der Waals surface area (Å²) < 4.78 is 0. The molecule has 1 heterocycles. The van der Waals surface area contributed by atoms with Crippen LogP contribution in [-0.2, 0) is 0 Å². The number of β-amino-alcohol motifs (C(OH)–C–C–N with tert-alkyl or cyclic N) is 2. The molecule has 1 saturated heterocycles. The van der Waals surface area contributed by atoms with Crippen molar-refractivity contribution in [3.05, 3.63) is 35.9 Å². The van der Waals surface area contributed by atoms with Crippen molar-refractivity contribution >= 4 is 17.2 Å². The van der Waals surface area contributed by atoms with Crippen molar-refractivity contribution in [3.8, 4) is 0 Å². The van der Waals surface area contributed by atoms with E-state index in [1.54, 1.807) is 0 Å². The van der Waals surface area contributed by atoms with Gasteiger partial charge in [-0.1, -0.05) is 42.5 Å². The summed E-state index contributed by atoms with van der Waals surface area (Å²) in [5.41, 5.74) is 6.75. The van der Waals surface area contributed by atoms with E-state index in [0.29, 0.717) is 24.5 Å². The van der Waals surface area contributed by atoms with Crippen molar-refractivity contribution in [2.45, 2.75) is 24.7 Å². The minimum atomic E-state index is -0.692. The first-order chi connectivity index (χ1) is 8.58. The van der Waals surface area contributed by atoms with Gasteiger partial charge >= 0.3 is 0 Å². The quantitative estimate of drug-likeness (QED) is 0.690. The third-order valence-corrected chi connectivity index (χ3v) is 3.47. The minimum Gasteiger partial charge on any atom is -0.393 e. The van der Waals surface area contributed by atoms with Gasteiger partial charge in [-0.2, -0.15) is 0 Å². The number of likely N-dealkylation sites (tertiary alicyclic amines) is 1. The van der Waals surface area contributed by atoms with Crippen LogP contribution in [0.3, 0.4) is 0 Å². The Kier molecular flexibility index (Phi) is 4.29. The second kappa shape index (κ2) is 5.75. The highest BCUT2D eigenvalue weighted by Crippen LogP contribution is 2.28. The summed E-state index contributed by atoms with van der Waals surface area (Å²) >= 11 is 4.99. The normalized spacial score (nSPS) is 26.1. The smallest absolute Gasteiger partial charge is 0.0938 e. The number of hydrogen-bond acceptors (Lipinski definition) is 4. The first-order valence-electron chi connectivity index (χ1n) is 6.01. The van der Waals surface area contributed by atoms with Gasteiger partial charge in [-0.3, -0.25) is 4.90 Å². The maximum Gasteiger partial charge on any atom is 0.0938 e. The van der Waals surface area contributed by atoms with Gasteiger partial charge in [-0.05, 0) is 5.56 Å². The Morgan fingerprint density at radius 1 is 1.28 bits per heavy atom. The van der Waals surface area contributed by atoms with Crippen LogP contribution in [0, 0.1) is 0 Å². The van der Waals surface area contributed by atoms with Crippen LogP contribution in [0.2, 0.25) is 0 Å². The van der Waals surface area contributed by atoms with Crippen molar-refractivity contribution in [3.63, 3.8) is 0 Å². The Labute approximate surface area is 112 Å². The monoisotopic (exact) mass is 266 g/mol. The summed E-state index contributed by atoms with van der Waals surface area (Å²) in [4.78, 5) is 2.48. The van der Waals surface area contributed by atoms with Crippen LogP contribution in [0.15, 0.2) is 30.3 Å². The molecule has 18 heavy (non-hydrogen) atoms. The number of aliphatic hydroxyl groups is 2. The standard InChI is InChI=1S/C13H18N2O2S/c14-13(18)6-10(9-4-2-1-3-5-9)15-7-11(16)12(17)8-15/h1-5,10-12,16-17H,6-8H2,(H2,14,18). The summed E-state index contributed by atoms with van der Waals surface area (Å²) in [6.45, 7) is 0.896. The maximum absolute atomic E-state index is 9.64. The van der Waals surface area contributed by atoms with Gasteiger partial charge < -0.3 is 15.9 Å². The molecule has 0 spiro atoms. The molecule has 0 amide bonds. The summed E-state index contributed by atoms with van der Waals surface area (Å²) in [5.74, 6) is 0. The molecule has 1 fully saturated rings. The van der Waals surface area contributed by atoms with E-state index >= 15 is 0 Å². The Morgan fingerprint density at radius 2 is 1.83 bits per heavy atom. The molecule has 3 atom stereocenters. The highest BCUT2D eigenvalue weighted by Gasteiger charge is 2.34. The third-order valence-electron chi connectivity index (χ3n) is 3.31. The first-order valence-corrected chi connectivity index (χ1v) is 6.42. The lowest BCUT2D eigenvalue weighted by Gasteiger charge is -2.27. The average molecular weight is 266 g/mol. The summed E-state index contributed by atoms with van der Waals surface area (Å²) in [5, 5.41) is 19.3. The molecular formula is C13H18N2O2S. The van der Waals surface area contributed by atoms with Gasteiger partial charge in [0.2, 0.25) is 0 Å². The van der Waals surface area contributed by atoms with Crippen LogP contribution < -0.4 is 5.73 Å². The number of thiocarbonyl (C=S) groups is 1. The number of hydrogen-bond donors (Lipinski definition) is 3. The molecule has 0 aliphatic carbocycles. The number of nitrogens with two attached hydrogens (primary N) is 1. The molecule has 0 aromatic heterocycles.